The zero-order chi connectivity index (χ0) is 26.7. The van der Waals surface area contributed by atoms with Crippen molar-refractivity contribution in [3.05, 3.63) is 70.7 Å². The SMILES string of the molecule is COc1cc(C(=O)O)nc2ccc(N3CCC4(C=C(c5c(-c6ncccc6Cl)noc5C5CC5)C4)CC3)cc12. The quantitative estimate of drug-likeness (QED) is 0.291. The summed E-state index contributed by atoms with van der Waals surface area (Å²) in [4.78, 5) is 22.6. The maximum Gasteiger partial charge on any atom is 0.354 e. The zero-order valence-electron chi connectivity index (χ0n) is 21.5. The van der Waals surface area contributed by atoms with E-state index in [0.717, 1.165) is 73.3 Å². The number of nitrogens with zero attached hydrogens (tertiary/aromatic N) is 4. The molecular formula is C30H27ClN4O4. The van der Waals surface area contributed by atoms with Crippen molar-refractivity contribution < 1.29 is 19.2 Å². The number of rotatable bonds is 6. The van der Waals surface area contributed by atoms with Gasteiger partial charge < -0.3 is 19.3 Å². The van der Waals surface area contributed by atoms with Gasteiger partial charge in [-0.3, -0.25) is 4.98 Å². The Labute approximate surface area is 230 Å². The first-order valence-corrected chi connectivity index (χ1v) is 13.6. The number of hydrogen-bond donors (Lipinski definition) is 1. The fraction of sp³-hybridized carbons (Fsp3) is 0.333. The summed E-state index contributed by atoms with van der Waals surface area (Å²) in [5, 5.41) is 15.2. The number of allylic oxidation sites excluding steroid dienone is 2. The third kappa shape index (κ3) is 4.14. The Morgan fingerprint density at radius 1 is 1.18 bits per heavy atom. The van der Waals surface area contributed by atoms with E-state index in [1.54, 1.807) is 13.3 Å². The predicted molar refractivity (Wildman–Crippen MR) is 148 cm³/mol. The third-order valence-corrected chi connectivity index (χ3v) is 8.62. The molecule has 0 atom stereocenters. The standard InChI is InChI=1S/C30H27ClN4O4/c1-38-24-14-23(29(36)37)33-22-7-6-19(13-20(22)24)35-11-8-30(9-12-35)15-18(16-30)25-27(26-21(31)3-2-10-32-26)34-39-28(25)17-4-5-17/h2-3,6-7,10,13-15,17H,4-5,8-9,11-12,16H2,1H3,(H,36,37). The average Bonchev–Trinajstić information content (AvgIpc) is 3.69. The number of methoxy groups -OCH3 is 1. The van der Waals surface area contributed by atoms with Gasteiger partial charge in [0.05, 0.1) is 23.2 Å². The molecule has 39 heavy (non-hydrogen) atoms. The van der Waals surface area contributed by atoms with Crippen molar-refractivity contribution in [1.29, 1.82) is 0 Å². The molecule has 3 aromatic heterocycles. The Hall–Kier alpha value is -3.91. The molecule has 1 aliphatic heterocycles. The molecule has 1 saturated heterocycles. The first-order chi connectivity index (χ1) is 18.9. The molecule has 1 saturated carbocycles. The highest BCUT2D eigenvalue weighted by atomic mass is 35.5. The van der Waals surface area contributed by atoms with Crippen LogP contribution in [0.2, 0.25) is 5.02 Å². The molecule has 1 N–H and O–H groups in total. The van der Waals surface area contributed by atoms with Gasteiger partial charge >= 0.3 is 5.97 Å². The molecule has 3 aliphatic rings. The smallest absolute Gasteiger partial charge is 0.354 e. The summed E-state index contributed by atoms with van der Waals surface area (Å²) in [7, 11) is 1.55. The minimum atomic E-state index is -1.07. The molecule has 9 heteroatoms. The van der Waals surface area contributed by atoms with Crippen LogP contribution in [0.3, 0.4) is 0 Å². The van der Waals surface area contributed by atoms with E-state index < -0.39 is 5.97 Å². The van der Waals surface area contributed by atoms with Crippen LogP contribution in [0, 0.1) is 5.41 Å². The Morgan fingerprint density at radius 2 is 1.97 bits per heavy atom. The fourth-order valence-corrected chi connectivity index (χ4v) is 6.24. The van der Waals surface area contributed by atoms with Crippen LogP contribution in [-0.2, 0) is 0 Å². The number of aromatic carboxylic acids is 1. The number of carboxylic acid groups (broad SMARTS) is 1. The molecule has 198 valence electrons. The summed E-state index contributed by atoms with van der Waals surface area (Å²) in [6.07, 6.45) is 9.53. The van der Waals surface area contributed by atoms with Crippen LogP contribution in [0.25, 0.3) is 27.9 Å². The molecule has 4 heterocycles. The lowest BCUT2D eigenvalue weighted by Crippen LogP contribution is -2.42. The normalized spacial score (nSPS) is 18.2. The Balaban J connectivity index is 1.13. The molecule has 0 radical (unpaired) electrons. The molecular weight excluding hydrogens is 516 g/mol. The summed E-state index contributed by atoms with van der Waals surface area (Å²) in [6, 6.07) is 11.1. The number of carbonyl (C=O) groups is 1. The number of pyridine rings is 2. The van der Waals surface area contributed by atoms with Gasteiger partial charge in [-0.25, -0.2) is 9.78 Å². The molecule has 2 aliphatic carbocycles. The summed E-state index contributed by atoms with van der Waals surface area (Å²) in [6.45, 7) is 1.85. The second kappa shape index (κ2) is 9.09. The van der Waals surface area contributed by atoms with Gasteiger partial charge in [-0.15, -0.1) is 0 Å². The predicted octanol–water partition coefficient (Wildman–Crippen LogP) is 6.60. The zero-order valence-corrected chi connectivity index (χ0v) is 22.2. The van der Waals surface area contributed by atoms with Gasteiger partial charge in [0.2, 0.25) is 0 Å². The van der Waals surface area contributed by atoms with Crippen LogP contribution in [0.5, 0.6) is 5.75 Å². The molecule has 0 bridgehead atoms. The minimum Gasteiger partial charge on any atom is -0.496 e. The molecule has 2 fully saturated rings. The van der Waals surface area contributed by atoms with Crippen molar-refractivity contribution >= 4 is 39.7 Å². The average molecular weight is 543 g/mol. The maximum atomic E-state index is 11.4. The highest BCUT2D eigenvalue weighted by molar-refractivity contribution is 6.33. The van der Waals surface area contributed by atoms with Crippen LogP contribution >= 0.6 is 11.6 Å². The summed E-state index contributed by atoms with van der Waals surface area (Å²) in [5.74, 6) is 0.867. The fourth-order valence-electron chi connectivity index (χ4n) is 6.03. The largest absolute Gasteiger partial charge is 0.496 e. The van der Waals surface area contributed by atoms with Crippen LogP contribution in [-0.4, -0.2) is 46.4 Å². The first-order valence-electron chi connectivity index (χ1n) is 13.2. The topological polar surface area (TPSA) is 102 Å². The van der Waals surface area contributed by atoms with E-state index in [0.29, 0.717) is 27.9 Å². The Bertz CT molecular complexity index is 1650. The lowest BCUT2D eigenvalue weighted by molar-refractivity contribution is 0.0690. The molecule has 1 aromatic carbocycles. The number of aromatic nitrogens is 3. The van der Waals surface area contributed by atoms with E-state index in [2.05, 4.69) is 32.2 Å². The van der Waals surface area contributed by atoms with E-state index >= 15 is 0 Å². The van der Waals surface area contributed by atoms with E-state index in [4.69, 9.17) is 20.9 Å². The van der Waals surface area contributed by atoms with Crippen molar-refractivity contribution in [1.82, 2.24) is 15.1 Å². The number of fused-ring (bicyclic) bond motifs is 1. The Kier molecular flexibility index (Phi) is 5.63. The van der Waals surface area contributed by atoms with Crippen molar-refractivity contribution in [2.75, 3.05) is 25.1 Å². The van der Waals surface area contributed by atoms with E-state index in [9.17, 15) is 9.90 Å². The highest BCUT2D eigenvalue weighted by Gasteiger charge is 2.44. The van der Waals surface area contributed by atoms with Gasteiger partial charge in [0, 0.05) is 42.3 Å². The number of ether oxygens (including phenoxy) is 1. The van der Waals surface area contributed by atoms with E-state index in [1.165, 1.54) is 11.6 Å². The van der Waals surface area contributed by atoms with Gasteiger partial charge in [-0.1, -0.05) is 22.8 Å². The van der Waals surface area contributed by atoms with Gasteiger partial charge in [0.15, 0.2) is 5.69 Å². The van der Waals surface area contributed by atoms with Crippen LogP contribution < -0.4 is 9.64 Å². The van der Waals surface area contributed by atoms with Crippen LogP contribution in [0.15, 0.2) is 53.2 Å². The molecule has 4 aromatic rings. The van der Waals surface area contributed by atoms with Gasteiger partial charge in [0.1, 0.15) is 22.9 Å². The summed E-state index contributed by atoms with van der Waals surface area (Å²) in [5.41, 5.74) is 5.67. The number of hydrogen-bond acceptors (Lipinski definition) is 7. The van der Waals surface area contributed by atoms with Gasteiger partial charge in [0.25, 0.3) is 0 Å². The molecule has 0 amide bonds. The van der Waals surface area contributed by atoms with Crippen LogP contribution in [0.1, 0.15) is 59.8 Å². The van der Waals surface area contributed by atoms with Crippen LogP contribution in [0.4, 0.5) is 5.69 Å². The Morgan fingerprint density at radius 3 is 2.67 bits per heavy atom. The van der Waals surface area contributed by atoms with Crippen molar-refractivity contribution in [3.8, 4) is 17.1 Å². The lowest BCUT2D eigenvalue weighted by Gasteiger charge is -2.47. The van der Waals surface area contributed by atoms with E-state index in [1.807, 2.05) is 24.3 Å². The monoisotopic (exact) mass is 542 g/mol. The maximum absolute atomic E-state index is 11.4. The number of halogens is 1. The minimum absolute atomic E-state index is 0.0225. The van der Waals surface area contributed by atoms with Gasteiger partial charge in [-0.2, -0.15) is 0 Å². The van der Waals surface area contributed by atoms with Crippen molar-refractivity contribution in [2.24, 2.45) is 5.41 Å². The number of anilines is 1. The molecule has 8 nitrogen and oxygen atoms in total. The van der Waals surface area contributed by atoms with E-state index in [-0.39, 0.29) is 11.1 Å². The first kappa shape index (κ1) is 24.2. The highest BCUT2D eigenvalue weighted by Crippen LogP contribution is 2.56. The number of piperidine rings is 1. The lowest BCUT2D eigenvalue weighted by atomic mass is 9.63. The summed E-state index contributed by atoms with van der Waals surface area (Å²) >= 11 is 6.49. The summed E-state index contributed by atoms with van der Waals surface area (Å²) < 4.78 is 11.4. The number of benzene rings is 1. The molecule has 1 spiro atoms. The molecule has 0 unspecified atom stereocenters. The molecule has 7 rings (SSSR count). The van der Waals surface area contributed by atoms with Crippen molar-refractivity contribution in [2.45, 2.75) is 38.0 Å². The third-order valence-electron chi connectivity index (χ3n) is 8.31. The second-order valence-corrected chi connectivity index (χ2v) is 11.2. The second-order valence-electron chi connectivity index (χ2n) is 10.8. The van der Waals surface area contributed by atoms with Gasteiger partial charge in [-0.05, 0) is 73.4 Å². The van der Waals surface area contributed by atoms with Crippen molar-refractivity contribution in [3.63, 3.8) is 0 Å². The number of carboxylic acids is 1.